The van der Waals surface area contributed by atoms with Crippen LogP contribution in [0.15, 0.2) is 96.3 Å². The quantitative estimate of drug-likeness (QED) is 0.273. The van der Waals surface area contributed by atoms with Crippen molar-refractivity contribution in [3.8, 4) is 11.5 Å². The molecule has 2 N–H and O–H groups in total. The second-order valence-electron chi connectivity index (χ2n) is 13.3. The number of nitrogens with zero attached hydrogens (tertiary/aromatic N) is 2. The maximum Gasteiger partial charge on any atom is 0.305 e. The van der Waals surface area contributed by atoms with Crippen molar-refractivity contribution in [1.29, 1.82) is 0 Å². The minimum atomic E-state index is -1.45. The van der Waals surface area contributed by atoms with Crippen LogP contribution < -0.4 is 9.64 Å². The first-order valence-electron chi connectivity index (χ1n) is 16.2. The Morgan fingerprint density at radius 1 is 0.939 bits per heavy atom. The van der Waals surface area contributed by atoms with E-state index in [2.05, 4.69) is 0 Å². The van der Waals surface area contributed by atoms with E-state index in [0.717, 1.165) is 10.5 Å². The molecule has 3 aliphatic heterocycles. The molecule has 0 bridgehead atoms. The molecule has 3 aromatic carbocycles. The Balaban J connectivity index is 1.33. The number of ether oxygens (including phenoxy) is 1. The molecule has 6 atom stereocenters. The zero-order valence-electron chi connectivity index (χ0n) is 26.1. The fourth-order valence-corrected chi connectivity index (χ4v) is 9.24. The largest absolute Gasteiger partial charge is 0.508 e. The van der Waals surface area contributed by atoms with Crippen LogP contribution in [0.25, 0.3) is 0 Å². The van der Waals surface area contributed by atoms with Gasteiger partial charge in [-0.3, -0.25) is 28.9 Å². The summed E-state index contributed by atoms with van der Waals surface area (Å²) < 4.78 is 6.13. The number of halogens is 1. The van der Waals surface area contributed by atoms with Gasteiger partial charge in [0.05, 0.1) is 41.5 Å². The van der Waals surface area contributed by atoms with Crippen LogP contribution in [0.2, 0.25) is 5.02 Å². The first-order chi connectivity index (χ1) is 23.6. The minimum absolute atomic E-state index is 0.0521. The van der Waals surface area contributed by atoms with Crippen LogP contribution in [-0.2, 0) is 35.8 Å². The zero-order valence-corrected chi connectivity index (χ0v) is 26.9. The average molecular weight is 679 g/mol. The van der Waals surface area contributed by atoms with Crippen molar-refractivity contribution in [2.75, 3.05) is 11.4 Å². The lowest BCUT2D eigenvalue weighted by Crippen LogP contribution is -2.55. The molecule has 0 spiro atoms. The molecule has 2 aliphatic carbocycles. The Hall–Kier alpha value is -5.22. The molecule has 2 saturated heterocycles. The summed E-state index contributed by atoms with van der Waals surface area (Å²) in [5.41, 5.74) is 1.67. The van der Waals surface area contributed by atoms with Gasteiger partial charge in [-0.05, 0) is 66.3 Å². The van der Waals surface area contributed by atoms with E-state index < -0.39 is 64.6 Å². The van der Waals surface area contributed by atoms with E-state index in [-0.39, 0.29) is 31.6 Å². The number of allylic oxidation sites excluding steroid dienone is 3. The molecule has 49 heavy (non-hydrogen) atoms. The lowest BCUT2D eigenvalue weighted by atomic mass is 9.48. The highest BCUT2D eigenvalue weighted by Gasteiger charge is 2.70. The van der Waals surface area contributed by atoms with Crippen LogP contribution >= 0.6 is 11.6 Å². The molecule has 0 radical (unpaired) electrons. The van der Waals surface area contributed by atoms with E-state index in [9.17, 15) is 29.4 Å². The summed E-state index contributed by atoms with van der Waals surface area (Å²) in [5, 5.41) is 20.0. The predicted molar refractivity (Wildman–Crippen MR) is 176 cm³/mol. The lowest BCUT2D eigenvalue weighted by molar-refractivity contribution is -0.142. The number of aliphatic carboxylic acids is 1. The number of imide groups is 2. The number of anilines is 1. The highest BCUT2D eigenvalue weighted by atomic mass is 35.5. The fraction of sp³-hybridized carbons (Fsp3) is 0.289. The molecule has 6 unspecified atom stereocenters. The average Bonchev–Trinajstić information content (AvgIpc) is 3.47. The van der Waals surface area contributed by atoms with E-state index in [1.54, 1.807) is 42.7 Å². The number of carbonyl (C=O) groups is 5. The standard InChI is InChI=1S/C38H31ClN2O8/c39-23-7-4-8-24(17-23)41-35(46)29-18-28-26(10-11-27-32(28)36(47)40(34(27)45)14-13-31(43)44)33(38(29,37(41)48)22-5-2-1-3-6-22)21-15-20-16-25(42)9-12-30(20)49-19-21/h1-10,12,16-17,19,27-29,32-33,42H,11,13-15,18H2,(H,43,44). The van der Waals surface area contributed by atoms with Crippen LogP contribution in [0.5, 0.6) is 11.5 Å². The summed E-state index contributed by atoms with van der Waals surface area (Å²) in [4.78, 5) is 71.4. The number of carboxylic acid groups (broad SMARTS) is 1. The number of carbonyl (C=O) groups excluding carboxylic acids is 4. The first kappa shape index (κ1) is 31.1. The van der Waals surface area contributed by atoms with Gasteiger partial charge in [0.25, 0.3) is 0 Å². The van der Waals surface area contributed by atoms with Gasteiger partial charge in [0.15, 0.2) is 0 Å². The highest BCUT2D eigenvalue weighted by Crippen LogP contribution is 2.63. The molecule has 0 aromatic heterocycles. The summed E-state index contributed by atoms with van der Waals surface area (Å²) in [6.07, 6.45) is 3.83. The number of carboxylic acids is 1. The normalized spacial score (nSPS) is 28.6. The number of hydrogen-bond donors (Lipinski definition) is 2. The van der Waals surface area contributed by atoms with E-state index in [0.29, 0.717) is 39.6 Å². The second kappa shape index (κ2) is 11.4. The molecular weight excluding hydrogens is 648 g/mol. The van der Waals surface area contributed by atoms with Crippen molar-refractivity contribution in [3.63, 3.8) is 0 Å². The van der Waals surface area contributed by atoms with Crippen molar-refractivity contribution in [2.24, 2.45) is 29.6 Å². The number of phenolic OH excluding ortho intramolecular Hbond substituents is 1. The van der Waals surface area contributed by atoms with Gasteiger partial charge in [0.2, 0.25) is 23.6 Å². The Morgan fingerprint density at radius 2 is 1.73 bits per heavy atom. The van der Waals surface area contributed by atoms with Crippen LogP contribution in [0.4, 0.5) is 5.69 Å². The van der Waals surface area contributed by atoms with Crippen LogP contribution in [0, 0.1) is 29.6 Å². The number of aromatic hydroxyl groups is 1. The van der Waals surface area contributed by atoms with Gasteiger partial charge in [-0.15, -0.1) is 0 Å². The fourth-order valence-electron chi connectivity index (χ4n) is 9.05. The number of rotatable bonds is 6. The third kappa shape index (κ3) is 4.57. The third-order valence-electron chi connectivity index (χ3n) is 11.0. The van der Waals surface area contributed by atoms with Crippen molar-refractivity contribution < 1.29 is 38.9 Å². The van der Waals surface area contributed by atoms with Crippen LogP contribution in [0.3, 0.4) is 0 Å². The highest BCUT2D eigenvalue weighted by molar-refractivity contribution is 6.32. The van der Waals surface area contributed by atoms with Gasteiger partial charge in [0.1, 0.15) is 11.5 Å². The lowest BCUT2D eigenvalue weighted by Gasteiger charge is -2.51. The molecular formula is C38H31ClN2O8. The van der Waals surface area contributed by atoms with Gasteiger partial charge in [-0.2, -0.15) is 0 Å². The van der Waals surface area contributed by atoms with E-state index >= 15 is 4.79 Å². The maximum absolute atomic E-state index is 15.3. The number of phenols is 1. The van der Waals surface area contributed by atoms with E-state index in [4.69, 9.17) is 16.3 Å². The second-order valence-corrected chi connectivity index (χ2v) is 13.8. The molecule has 8 rings (SSSR count). The van der Waals surface area contributed by atoms with Crippen molar-refractivity contribution in [2.45, 2.75) is 31.1 Å². The number of fused-ring (bicyclic) bond motifs is 5. The van der Waals surface area contributed by atoms with Gasteiger partial charge < -0.3 is 14.9 Å². The molecule has 248 valence electrons. The zero-order chi connectivity index (χ0) is 34.2. The summed E-state index contributed by atoms with van der Waals surface area (Å²) in [6.45, 7) is -0.234. The summed E-state index contributed by atoms with van der Waals surface area (Å²) in [6, 6.07) is 20.6. The molecule has 11 heteroatoms. The number of likely N-dealkylation sites (tertiary alicyclic amines) is 1. The summed E-state index contributed by atoms with van der Waals surface area (Å²) in [5.74, 6) is -6.04. The minimum Gasteiger partial charge on any atom is -0.508 e. The third-order valence-corrected chi connectivity index (χ3v) is 11.2. The van der Waals surface area contributed by atoms with Crippen molar-refractivity contribution in [1.82, 2.24) is 4.90 Å². The van der Waals surface area contributed by atoms with Crippen LogP contribution in [-0.4, -0.2) is 51.3 Å². The topological polar surface area (TPSA) is 142 Å². The molecule has 3 fully saturated rings. The van der Waals surface area contributed by atoms with Gasteiger partial charge in [-0.1, -0.05) is 59.6 Å². The Bertz CT molecular complexity index is 2020. The Labute approximate surface area is 286 Å². The van der Waals surface area contributed by atoms with Crippen molar-refractivity contribution in [3.05, 3.63) is 112 Å². The monoisotopic (exact) mass is 678 g/mol. The first-order valence-corrected chi connectivity index (χ1v) is 16.6. The van der Waals surface area contributed by atoms with Gasteiger partial charge >= 0.3 is 5.97 Å². The molecule has 5 aliphatic rings. The van der Waals surface area contributed by atoms with E-state index in [1.165, 1.54) is 11.0 Å². The van der Waals surface area contributed by atoms with Gasteiger partial charge in [-0.25, -0.2) is 4.90 Å². The molecule has 3 aromatic rings. The molecule has 10 nitrogen and oxygen atoms in total. The molecule has 1 saturated carbocycles. The molecule has 3 heterocycles. The number of benzene rings is 3. The predicted octanol–water partition coefficient (Wildman–Crippen LogP) is 5.03. The maximum atomic E-state index is 15.3. The summed E-state index contributed by atoms with van der Waals surface area (Å²) in [7, 11) is 0. The number of hydrogen-bond acceptors (Lipinski definition) is 7. The smallest absolute Gasteiger partial charge is 0.305 e. The van der Waals surface area contributed by atoms with Crippen molar-refractivity contribution >= 4 is 46.9 Å². The van der Waals surface area contributed by atoms with Crippen LogP contribution in [0.1, 0.15) is 30.4 Å². The number of amides is 4. The van der Waals surface area contributed by atoms with E-state index in [1.807, 2.05) is 36.4 Å². The Morgan fingerprint density at radius 3 is 2.49 bits per heavy atom. The molecule has 4 amide bonds. The SMILES string of the molecule is O=C(O)CCN1C(=O)C2CC=C3C(CC4C(=O)N(c5cccc(Cl)c5)C(=O)C4(c4ccccc4)C3C3=COc4ccc(O)cc4C3)C2C1=O. The Kier molecular flexibility index (Phi) is 7.26. The van der Waals surface area contributed by atoms with Gasteiger partial charge in [0, 0.05) is 29.5 Å². The summed E-state index contributed by atoms with van der Waals surface area (Å²) >= 11 is 6.37.